The molecule has 0 saturated carbocycles. The molecule has 0 N–H and O–H groups in total. The van der Waals surface area contributed by atoms with Crippen LogP contribution < -0.4 is 14.9 Å². The molecule has 5 heteroatoms. The Hall–Kier alpha value is -3.47. The van der Waals surface area contributed by atoms with Crippen LogP contribution in [-0.2, 0) is 0 Å². The number of aromatic nitrogens is 1. The lowest BCUT2D eigenvalue weighted by Crippen LogP contribution is -2.38. The minimum absolute atomic E-state index is 0.00642. The average Bonchev–Trinajstić information content (AvgIpc) is 3.08. The number of rotatable bonds is 3. The second kappa shape index (κ2) is 9.88. The van der Waals surface area contributed by atoms with Gasteiger partial charge in [0.1, 0.15) is 0 Å². The lowest BCUT2D eigenvalue weighted by molar-refractivity contribution is 0.573. The molecule has 1 aromatic heterocycles. The molecule has 6 rings (SSSR count). The van der Waals surface area contributed by atoms with Gasteiger partial charge in [-0.2, -0.15) is 0 Å². The topological polar surface area (TPSA) is 34.4 Å². The van der Waals surface area contributed by atoms with Gasteiger partial charge < -0.3 is 0 Å². The van der Waals surface area contributed by atoms with Crippen LogP contribution in [0.4, 0.5) is 0 Å². The Kier molecular flexibility index (Phi) is 6.30. The molecule has 1 aliphatic heterocycles. The number of hydrogen-bond donors (Lipinski definition) is 0. The molecular formula is C31H25ClN2OS. The summed E-state index contributed by atoms with van der Waals surface area (Å²) in [6.45, 7) is 0. The van der Waals surface area contributed by atoms with Crippen LogP contribution in [0.3, 0.4) is 0 Å². The first-order valence-electron chi connectivity index (χ1n) is 12.3. The van der Waals surface area contributed by atoms with Crippen LogP contribution in [0.1, 0.15) is 48.4 Å². The molecule has 0 saturated heterocycles. The Morgan fingerprint density at radius 2 is 1.50 bits per heavy atom. The Balaban J connectivity index is 1.59. The third-order valence-corrected chi connectivity index (χ3v) is 8.04. The number of nitrogens with zero attached hydrogens (tertiary/aromatic N) is 2. The summed E-state index contributed by atoms with van der Waals surface area (Å²) in [5.41, 5.74) is 6.82. The van der Waals surface area contributed by atoms with Crippen molar-refractivity contribution in [2.24, 2.45) is 4.99 Å². The fraction of sp³-hybridized carbons (Fsp3) is 0.161. The van der Waals surface area contributed by atoms with Gasteiger partial charge in [0.05, 0.1) is 16.3 Å². The highest BCUT2D eigenvalue weighted by atomic mass is 35.5. The molecule has 2 heterocycles. The molecule has 3 aromatic carbocycles. The first kappa shape index (κ1) is 23.0. The molecule has 2 aliphatic rings. The summed E-state index contributed by atoms with van der Waals surface area (Å²) in [6.07, 6.45) is 8.33. The maximum atomic E-state index is 13.8. The Morgan fingerprint density at radius 1 is 0.833 bits per heavy atom. The zero-order valence-electron chi connectivity index (χ0n) is 19.7. The smallest absolute Gasteiger partial charge is 0.271 e. The number of benzene rings is 3. The van der Waals surface area contributed by atoms with Crippen molar-refractivity contribution in [1.29, 1.82) is 0 Å². The Bertz CT molecular complexity index is 1650. The maximum Gasteiger partial charge on any atom is 0.271 e. The molecule has 3 nitrogen and oxygen atoms in total. The molecule has 36 heavy (non-hydrogen) atoms. The van der Waals surface area contributed by atoms with Gasteiger partial charge in [-0.1, -0.05) is 95.7 Å². The minimum atomic E-state index is -0.151. The van der Waals surface area contributed by atoms with E-state index in [-0.39, 0.29) is 11.6 Å². The van der Waals surface area contributed by atoms with Gasteiger partial charge >= 0.3 is 0 Å². The first-order chi connectivity index (χ1) is 17.7. The lowest BCUT2D eigenvalue weighted by atomic mass is 9.91. The van der Waals surface area contributed by atoms with Gasteiger partial charge in [-0.3, -0.25) is 9.36 Å². The van der Waals surface area contributed by atoms with Gasteiger partial charge in [0.15, 0.2) is 4.80 Å². The van der Waals surface area contributed by atoms with Crippen molar-refractivity contribution < 1.29 is 0 Å². The summed E-state index contributed by atoms with van der Waals surface area (Å²) in [6, 6.07) is 28.2. The third-order valence-electron chi connectivity index (χ3n) is 6.81. The quantitative estimate of drug-likeness (QED) is 0.310. The van der Waals surface area contributed by atoms with Crippen molar-refractivity contribution in [1.82, 2.24) is 4.57 Å². The number of thiazole rings is 1. The SMILES string of the molecule is O=c1/c(=C/c2ccc(Cl)cc2)sc2n1C(c1ccccc1)C1=C(N=2)/C(=C\c2ccccc2)CCCC1. The fourth-order valence-corrected chi connectivity index (χ4v) is 6.24. The molecule has 4 aromatic rings. The highest BCUT2D eigenvalue weighted by Crippen LogP contribution is 2.39. The molecule has 0 fully saturated rings. The molecule has 178 valence electrons. The van der Waals surface area contributed by atoms with E-state index < -0.39 is 0 Å². The van der Waals surface area contributed by atoms with Gasteiger partial charge in [0, 0.05) is 5.02 Å². The van der Waals surface area contributed by atoms with Crippen molar-refractivity contribution in [3.8, 4) is 0 Å². The number of allylic oxidation sites excluding steroid dienone is 2. The molecule has 0 spiro atoms. The Morgan fingerprint density at radius 3 is 2.25 bits per heavy atom. The van der Waals surface area contributed by atoms with Crippen LogP contribution in [0.2, 0.25) is 5.02 Å². The summed E-state index contributed by atoms with van der Waals surface area (Å²) in [7, 11) is 0. The van der Waals surface area contributed by atoms with Crippen LogP contribution >= 0.6 is 22.9 Å². The van der Waals surface area contributed by atoms with Crippen molar-refractivity contribution >= 4 is 35.1 Å². The molecule has 1 atom stereocenters. The van der Waals surface area contributed by atoms with Gasteiger partial charge in [-0.15, -0.1) is 0 Å². The molecule has 0 radical (unpaired) electrons. The second-order valence-corrected chi connectivity index (χ2v) is 10.7. The standard InChI is InChI=1S/C31H25ClN2OS/c32-25-17-15-22(16-18-25)20-27-30(35)34-29(23-11-5-2-6-12-23)26-14-8-7-13-24(28(26)33-31(34)36-27)19-21-9-3-1-4-10-21/h1-6,9-12,15-20,29H,7-8,13-14H2/b24-19-,27-20-. The van der Waals surface area contributed by atoms with Crippen LogP contribution in [0, 0.1) is 0 Å². The van der Waals surface area contributed by atoms with E-state index in [1.807, 2.05) is 47.0 Å². The molecular weight excluding hydrogens is 484 g/mol. The summed E-state index contributed by atoms with van der Waals surface area (Å²) >= 11 is 7.53. The van der Waals surface area contributed by atoms with Crippen LogP contribution in [0.15, 0.2) is 112 Å². The van der Waals surface area contributed by atoms with E-state index in [1.54, 1.807) is 0 Å². The maximum absolute atomic E-state index is 13.8. The number of halogens is 1. The van der Waals surface area contributed by atoms with E-state index in [0.717, 1.165) is 47.3 Å². The van der Waals surface area contributed by atoms with Gasteiger partial charge in [-0.25, -0.2) is 4.99 Å². The first-order valence-corrected chi connectivity index (χ1v) is 13.5. The van der Waals surface area contributed by atoms with E-state index in [9.17, 15) is 4.79 Å². The highest BCUT2D eigenvalue weighted by Gasteiger charge is 2.31. The van der Waals surface area contributed by atoms with Crippen molar-refractivity contribution in [3.05, 3.63) is 143 Å². The zero-order chi connectivity index (χ0) is 24.5. The van der Waals surface area contributed by atoms with Crippen LogP contribution in [0.5, 0.6) is 0 Å². The molecule has 0 bridgehead atoms. The summed E-state index contributed by atoms with van der Waals surface area (Å²) < 4.78 is 2.59. The minimum Gasteiger partial charge on any atom is -0.272 e. The van der Waals surface area contributed by atoms with E-state index in [0.29, 0.717) is 9.55 Å². The fourth-order valence-electron chi connectivity index (χ4n) is 5.11. The molecule has 1 aliphatic carbocycles. The zero-order valence-corrected chi connectivity index (χ0v) is 21.3. The third kappa shape index (κ3) is 4.43. The van der Waals surface area contributed by atoms with Crippen LogP contribution in [-0.4, -0.2) is 4.57 Å². The van der Waals surface area contributed by atoms with Crippen molar-refractivity contribution in [3.63, 3.8) is 0 Å². The van der Waals surface area contributed by atoms with E-state index >= 15 is 0 Å². The normalized spacial score (nSPS) is 19.0. The van der Waals surface area contributed by atoms with Gasteiger partial charge in [0.25, 0.3) is 5.56 Å². The van der Waals surface area contributed by atoms with E-state index in [1.165, 1.54) is 28.0 Å². The largest absolute Gasteiger partial charge is 0.272 e. The van der Waals surface area contributed by atoms with Crippen LogP contribution in [0.25, 0.3) is 12.2 Å². The van der Waals surface area contributed by atoms with Gasteiger partial charge in [0.2, 0.25) is 0 Å². The summed E-state index contributed by atoms with van der Waals surface area (Å²) in [5.74, 6) is 0. The Labute approximate surface area is 219 Å². The van der Waals surface area contributed by atoms with E-state index in [4.69, 9.17) is 16.6 Å². The highest BCUT2D eigenvalue weighted by molar-refractivity contribution is 7.07. The predicted octanol–water partition coefficient (Wildman–Crippen LogP) is 6.53. The molecule has 0 amide bonds. The van der Waals surface area contributed by atoms with Gasteiger partial charge in [-0.05, 0) is 77.8 Å². The monoisotopic (exact) mass is 508 g/mol. The second-order valence-electron chi connectivity index (χ2n) is 9.21. The number of fused-ring (bicyclic) bond motifs is 1. The average molecular weight is 509 g/mol. The molecule has 1 unspecified atom stereocenters. The summed E-state index contributed by atoms with van der Waals surface area (Å²) in [5, 5.41) is 0.680. The van der Waals surface area contributed by atoms with E-state index in [2.05, 4.69) is 54.6 Å². The lowest BCUT2D eigenvalue weighted by Gasteiger charge is -2.26. The summed E-state index contributed by atoms with van der Waals surface area (Å²) in [4.78, 5) is 19.7. The van der Waals surface area contributed by atoms with Crippen molar-refractivity contribution in [2.45, 2.75) is 31.7 Å². The van der Waals surface area contributed by atoms with Crippen molar-refractivity contribution in [2.75, 3.05) is 0 Å². The predicted molar refractivity (Wildman–Crippen MR) is 149 cm³/mol. The number of hydrogen-bond acceptors (Lipinski definition) is 3.